The minimum Gasteiger partial charge on any atom is -0.495 e. The summed E-state index contributed by atoms with van der Waals surface area (Å²) in [6.45, 7) is 14.6. The molecule has 2 saturated heterocycles. The Morgan fingerprint density at radius 1 is 1.12 bits per heavy atom. The van der Waals surface area contributed by atoms with Crippen LogP contribution in [0.3, 0.4) is 0 Å². The molecule has 1 saturated carbocycles. The van der Waals surface area contributed by atoms with Crippen LogP contribution in [0.4, 0.5) is 0 Å². The van der Waals surface area contributed by atoms with Gasteiger partial charge in [0.05, 0.1) is 24.4 Å². The van der Waals surface area contributed by atoms with Gasteiger partial charge in [0.25, 0.3) is 0 Å². The molecule has 0 amide bonds. The fourth-order valence-electron chi connectivity index (χ4n) is 7.87. The average Bonchev–Trinajstić information content (AvgIpc) is 3.30. The Labute approximate surface area is 196 Å². The molecule has 2 heterocycles. The fourth-order valence-corrected chi connectivity index (χ4v) is 10.8. The summed E-state index contributed by atoms with van der Waals surface area (Å²) in [6.07, 6.45) is 4.10. The summed E-state index contributed by atoms with van der Waals surface area (Å²) in [7, 11) is 0.0394. The van der Waals surface area contributed by atoms with Crippen molar-refractivity contribution in [1.29, 1.82) is 0 Å². The smallest absolute Gasteiger partial charge is 0.192 e. The molecule has 8 atom stereocenters. The third-order valence-corrected chi connectivity index (χ3v) is 14.1. The third kappa shape index (κ3) is 3.64. The Morgan fingerprint density at radius 2 is 1.81 bits per heavy atom. The molecule has 2 aliphatic heterocycles. The Kier molecular flexibility index (Phi) is 6.94. The summed E-state index contributed by atoms with van der Waals surface area (Å²) >= 11 is 0. The maximum atomic E-state index is 11.4. The molecular formula is C26H46O5Si. The maximum Gasteiger partial charge on any atom is 0.192 e. The van der Waals surface area contributed by atoms with Crippen LogP contribution >= 0.6 is 0 Å². The summed E-state index contributed by atoms with van der Waals surface area (Å²) in [5.74, 6) is 2.21. The minimum absolute atomic E-state index is 0.176. The molecule has 0 radical (unpaired) electrons. The first kappa shape index (κ1) is 24.7. The van der Waals surface area contributed by atoms with E-state index < -0.39 is 13.9 Å². The molecule has 1 spiro atoms. The van der Waals surface area contributed by atoms with E-state index >= 15 is 0 Å². The highest BCUT2D eigenvalue weighted by Crippen LogP contribution is 2.65. The van der Waals surface area contributed by atoms with E-state index in [1.165, 1.54) is 5.57 Å². The molecule has 0 unspecified atom stereocenters. The van der Waals surface area contributed by atoms with E-state index in [-0.39, 0.29) is 23.7 Å². The lowest BCUT2D eigenvalue weighted by Gasteiger charge is -2.46. The SMILES string of the molecule is CCOC1=C2C[C@H](COC)C[C@@H]3[C@@H](O[Si](CC)(CC)CC)[C@@H]4C[C@@H](C)[C@]3(O4)[C@@H]2C[C@]1(C)O. The highest BCUT2D eigenvalue weighted by molar-refractivity contribution is 6.73. The van der Waals surface area contributed by atoms with Crippen molar-refractivity contribution < 1.29 is 23.7 Å². The normalized spacial score (nSPS) is 43.4. The topological polar surface area (TPSA) is 57.2 Å². The molecule has 4 rings (SSSR count). The summed E-state index contributed by atoms with van der Waals surface area (Å²) in [5, 5.41) is 11.4. The van der Waals surface area contributed by atoms with E-state index in [1.807, 2.05) is 13.8 Å². The van der Waals surface area contributed by atoms with Crippen LogP contribution < -0.4 is 0 Å². The lowest BCUT2D eigenvalue weighted by Crippen LogP contribution is -2.54. The zero-order valence-corrected chi connectivity index (χ0v) is 22.4. The van der Waals surface area contributed by atoms with Crippen molar-refractivity contribution >= 4 is 8.32 Å². The van der Waals surface area contributed by atoms with Crippen LogP contribution in [0.1, 0.15) is 67.2 Å². The van der Waals surface area contributed by atoms with Crippen LogP contribution in [-0.4, -0.2) is 57.2 Å². The van der Waals surface area contributed by atoms with Crippen LogP contribution in [0.15, 0.2) is 11.3 Å². The molecule has 0 aromatic carbocycles. The molecule has 0 aromatic rings. The first-order valence-electron chi connectivity index (χ1n) is 13.1. The molecule has 2 aliphatic carbocycles. The molecule has 0 aromatic heterocycles. The van der Waals surface area contributed by atoms with Gasteiger partial charge in [-0.25, -0.2) is 0 Å². The number of hydrogen-bond acceptors (Lipinski definition) is 5. The van der Waals surface area contributed by atoms with Crippen molar-refractivity contribution in [2.24, 2.45) is 23.7 Å². The lowest BCUT2D eigenvalue weighted by molar-refractivity contribution is -0.0803. The van der Waals surface area contributed by atoms with Gasteiger partial charge in [0, 0.05) is 25.6 Å². The predicted octanol–water partition coefficient (Wildman–Crippen LogP) is 5.29. The quantitative estimate of drug-likeness (QED) is 0.468. The predicted molar refractivity (Wildman–Crippen MR) is 129 cm³/mol. The zero-order valence-electron chi connectivity index (χ0n) is 21.4. The second kappa shape index (κ2) is 8.99. The molecule has 3 fully saturated rings. The Balaban J connectivity index is 1.79. The number of aliphatic hydroxyl groups is 1. The van der Waals surface area contributed by atoms with Gasteiger partial charge in [-0.3, -0.25) is 0 Å². The standard InChI is InChI=1S/C26H46O5Si/c1-8-29-24-19-13-18(16-28-7)14-20-23(31-32(9-2,10-3)11-4)22-12-17(5)26(20,30-22)21(19)15-25(24,6)27/h17-18,20-23,27H,8-16H2,1-7H3/t17-,18+,20-,21-,22+,23-,25+,26-/m1/s1. The van der Waals surface area contributed by atoms with Crippen LogP contribution in [-0.2, 0) is 18.6 Å². The first-order valence-corrected chi connectivity index (χ1v) is 15.7. The molecule has 1 N–H and O–H groups in total. The maximum absolute atomic E-state index is 11.4. The van der Waals surface area contributed by atoms with Crippen molar-refractivity contribution in [3.05, 3.63) is 11.3 Å². The van der Waals surface area contributed by atoms with Crippen LogP contribution in [0, 0.1) is 23.7 Å². The van der Waals surface area contributed by atoms with Crippen molar-refractivity contribution in [3.8, 4) is 0 Å². The van der Waals surface area contributed by atoms with Gasteiger partial charge in [-0.2, -0.15) is 0 Å². The zero-order chi connectivity index (χ0) is 23.3. The van der Waals surface area contributed by atoms with Gasteiger partial charge in [0.2, 0.25) is 0 Å². The minimum atomic E-state index is -1.76. The number of hydrogen-bond donors (Lipinski definition) is 1. The van der Waals surface area contributed by atoms with Crippen molar-refractivity contribution in [3.63, 3.8) is 0 Å². The van der Waals surface area contributed by atoms with Gasteiger partial charge in [0.1, 0.15) is 11.4 Å². The Morgan fingerprint density at radius 3 is 2.41 bits per heavy atom. The monoisotopic (exact) mass is 466 g/mol. The van der Waals surface area contributed by atoms with Crippen molar-refractivity contribution in [2.45, 2.75) is 109 Å². The number of fused-ring (bicyclic) bond motifs is 2. The van der Waals surface area contributed by atoms with Crippen molar-refractivity contribution in [2.75, 3.05) is 20.3 Å². The van der Waals surface area contributed by atoms with Gasteiger partial charge in [-0.15, -0.1) is 0 Å². The summed E-state index contributed by atoms with van der Waals surface area (Å²) in [5.41, 5.74) is 0.101. The van der Waals surface area contributed by atoms with E-state index in [0.29, 0.717) is 30.8 Å². The number of ether oxygens (including phenoxy) is 3. The largest absolute Gasteiger partial charge is 0.495 e. The van der Waals surface area contributed by atoms with Crippen LogP contribution in [0.2, 0.25) is 18.1 Å². The molecular weight excluding hydrogens is 420 g/mol. The Hall–Kier alpha value is -0.403. The first-order chi connectivity index (χ1) is 15.2. The highest BCUT2D eigenvalue weighted by atomic mass is 28.4. The van der Waals surface area contributed by atoms with Gasteiger partial charge in [0.15, 0.2) is 8.32 Å². The van der Waals surface area contributed by atoms with E-state index in [0.717, 1.165) is 49.8 Å². The van der Waals surface area contributed by atoms with E-state index in [9.17, 15) is 5.11 Å². The Bertz CT molecular complexity index is 709. The summed E-state index contributed by atoms with van der Waals surface area (Å²) in [4.78, 5) is 0. The molecule has 6 heteroatoms. The number of rotatable bonds is 9. The molecule has 5 nitrogen and oxygen atoms in total. The summed E-state index contributed by atoms with van der Waals surface area (Å²) in [6, 6.07) is 3.49. The highest BCUT2D eigenvalue weighted by Gasteiger charge is 2.70. The van der Waals surface area contributed by atoms with E-state index in [2.05, 4.69) is 27.7 Å². The number of methoxy groups -OCH3 is 1. The van der Waals surface area contributed by atoms with Gasteiger partial charge in [-0.05, 0) is 75.1 Å². The molecule has 2 bridgehead atoms. The van der Waals surface area contributed by atoms with Crippen LogP contribution in [0.25, 0.3) is 0 Å². The van der Waals surface area contributed by atoms with E-state index in [1.54, 1.807) is 7.11 Å². The van der Waals surface area contributed by atoms with Gasteiger partial charge in [-0.1, -0.05) is 27.7 Å². The van der Waals surface area contributed by atoms with Crippen molar-refractivity contribution in [1.82, 2.24) is 0 Å². The third-order valence-electron chi connectivity index (χ3n) is 9.51. The molecule has 184 valence electrons. The van der Waals surface area contributed by atoms with Crippen LogP contribution in [0.5, 0.6) is 0 Å². The van der Waals surface area contributed by atoms with Gasteiger partial charge < -0.3 is 23.7 Å². The van der Waals surface area contributed by atoms with E-state index in [4.69, 9.17) is 18.6 Å². The molecule has 4 aliphatic rings. The molecule has 32 heavy (non-hydrogen) atoms. The second-order valence-electron chi connectivity index (χ2n) is 11.2. The fraction of sp³-hybridized carbons (Fsp3) is 0.923. The second-order valence-corrected chi connectivity index (χ2v) is 15.9. The summed E-state index contributed by atoms with van der Waals surface area (Å²) < 4.78 is 26.1. The average molecular weight is 467 g/mol. The lowest BCUT2D eigenvalue weighted by atomic mass is 9.62. The van der Waals surface area contributed by atoms with Gasteiger partial charge >= 0.3 is 0 Å².